The van der Waals surface area contributed by atoms with Crippen molar-refractivity contribution < 1.29 is 35.9 Å². The molecule has 0 saturated heterocycles. The summed E-state index contributed by atoms with van der Waals surface area (Å²) in [4.78, 5) is 11.2. The zero-order chi connectivity index (χ0) is 20.7. The Hall–Kier alpha value is -3.38. The van der Waals surface area contributed by atoms with Crippen molar-refractivity contribution in [3.8, 4) is 17.0 Å². The molecule has 0 radical (unpaired) electrons. The van der Waals surface area contributed by atoms with Gasteiger partial charge in [0.25, 0.3) is 5.82 Å². The Morgan fingerprint density at radius 1 is 1.07 bits per heavy atom. The molecule has 0 unspecified atom stereocenters. The molecule has 2 heterocycles. The van der Waals surface area contributed by atoms with Gasteiger partial charge in [-0.15, -0.1) is 23.4 Å². The van der Waals surface area contributed by atoms with E-state index in [0.29, 0.717) is 4.52 Å². The topological polar surface area (TPSA) is 95.4 Å². The van der Waals surface area contributed by atoms with E-state index in [-0.39, 0.29) is 22.5 Å². The van der Waals surface area contributed by atoms with Gasteiger partial charge in [0, 0.05) is 11.1 Å². The fourth-order valence-electron chi connectivity index (χ4n) is 2.40. The lowest BCUT2D eigenvalue weighted by Crippen LogP contribution is -2.17. The van der Waals surface area contributed by atoms with E-state index in [9.17, 15) is 31.1 Å². The van der Waals surface area contributed by atoms with Gasteiger partial charge in [-0.3, -0.25) is 4.79 Å². The van der Waals surface area contributed by atoms with E-state index in [1.807, 2.05) is 0 Å². The van der Waals surface area contributed by atoms with Crippen LogP contribution in [0.2, 0.25) is 0 Å². The van der Waals surface area contributed by atoms with Gasteiger partial charge in [0.1, 0.15) is 5.75 Å². The van der Waals surface area contributed by atoms with Gasteiger partial charge in [-0.1, -0.05) is 0 Å². The van der Waals surface area contributed by atoms with Crippen LogP contribution in [0.3, 0.4) is 0 Å². The maximum atomic E-state index is 13.1. The molecular formula is C15H9F6N5O2. The first-order valence-corrected chi connectivity index (χ1v) is 7.41. The molecule has 3 aromatic rings. The number of halogens is 6. The van der Waals surface area contributed by atoms with Crippen molar-refractivity contribution in [2.45, 2.75) is 19.0 Å². The van der Waals surface area contributed by atoms with Crippen LogP contribution in [0.1, 0.15) is 11.4 Å². The average molecular weight is 405 g/mol. The molecule has 148 valence electrons. The van der Waals surface area contributed by atoms with E-state index in [1.54, 1.807) is 0 Å². The van der Waals surface area contributed by atoms with Crippen LogP contribution in [0.15, 0.2) is 30.3 Å². The minimum atomic E-state index is -4.89. The molecule has 1 amide bonds. The number of alkyl halides is 6. The number of ether oxygens (including phenoxy) is 1. The van der Waals surface area contributed by atoms with Crippen LogP contribution in [0, 0.1) is 0 Å². The number of amides is 1. The fraction of sp³-hybridized carbons (Fsp3) is 0.200. The lowest BCUT2D eigenvalue weighted by molar-refractivity contribution is -0.274. The minimum absolute atomic E-state index is 0.0242. The molecule has 7 nitrogen and oxygen atoms in total. The first-order chi connectivity index (χ1) is 12.9. The van der Waals surface area contributed by atoms with Crippen LogP contribution < -0.4 is 10.5 Å². The Kier molecular flexibility index (Phi) is 4.61. The van der Waals surface area contributed by atoms with Crippen LogP contribution in [-0.4, -0.2) is 32.1 Å². The number of primary amides is 1. The Balaban J connectivity index is 2.11. The molecule has 0 aliphatic heterocycles. The number of hydrogen-bond donors (Lipinski definition) is 1. The maximum Gasteiger partial charge on any atom is 0.573 e. The predicted octanol–water partition coefficient (Wildman–Crippen LogP) is 2.74. The summed E-state index contributed by atoms with van der Waals surface area (Å²) in [6.07, 6.45) is -10.2. The summed E-state index contributed by atoms with van der Waals surface area (Å²) in [5.41, 5.74) is 4.93. The Labute approximate surface area is 151 Å². The molecule has 0 saturated carbocycles. The number of rotatable bonds is 4. The minimum Gasteiger partial charge on any atom is -0.406 e. The second-order valence-electron chi connectivity index (χ2n) is 5.53. The van der Waals surface area contributed by atoms with Gasteiger partial charge in [0.05, 0.1) is 12.1 Å². The van der Waals surface area contributed by atoms with Crippen molar-refractivity contribution in [3.63, 3.8) is 0 Å². The molecular weight excluding hydrogens is 396 g/mol. The van der Waals surface area contributed by atoms with Crippen LogP contribution in [0.4, 0.5) is 26.3 Å². The zero-order valence-corrected chi connectivity index (χ0v) is 13.5. The monoisotopic (exact) mass is 405 g/mol. The number of hydrogen-bond acceptors (Lipinski definition) is 5. The first kappa shape index (κ1) is 19.4. The second-order valence-corrected chi connectivity index (χ2v) is 5.53. The third-order valence-corrected chi connectivity index (χ3v) is 3.45. The number of carbonyl (C=O) groups excluding carboxylic acids is 1. The highest BCUT2D eigenvalue weighted by Crippen LogP contribution is 2.30. The van der Waals surface area contributed by atoms with Gasteiger partial charge < -0.3 is 10.5 Å². The number of aromatic nitrogens is 4. The van der Waals surface area contributed by atoms with Crippen molar-refractivity contribution in [1.82, 2.24) is 19.8 Å². The molecule has 0 aliphatic carbocycles. The average Bonchev–Trinajstić information content (AvgIpc) is 2.98. The molecule has 0 atom stereocenters. The van der Waals surface area contributed by atoms with Crippen LogP contribution in [0.25, 0.3) is 16.9 Å². The molecule has 2 aromatic heterocycles. The van der Waals surface area contributed by atoms with Gasteiger partial charge in [-0.25, -0.2) is 0 Å². The summed E-state index contributed by atoms with van der Waals surface area (Å²) in [6, 6.07) is 5.54. The number of nitrogens with zero attached hydrogens (tertiary/aromatic N) is 4. The normalized spacial score (nSPS) is 12.4. The standard InChI is InChI=1S/C15H9F6N5O2/c16-14(17,18)13-24-23-12-8(6-11(22)27)5-10(25-26(12)13)7-1-3-9(4-2-7)28-15(19,20)21/h1-5H,6H2,(H2,22,27). The summed E-state index contributed by atoms with van der Waals surface area (Å²) in [7, 11) is 0. The molecule has 2 N–H and O–H groups in total. The van der Waals surface area contributed by atoms with Crippen LogP contribution in [-0.2, 0) is 17.4 Å². The fourth-order valence-corrected chi connectivity index (χ4v) is 2.40. The Morgan fingerprint density at radius 3 is 2.25 bits per heavy atom. The van der Waals surface area contributed by atoms with Crippen molar-refractivity contribution in [3.05, 3.63) is 41.7 Å². The molecule has 0 aliphatic rings. The largest absolute Gasteiger partial charge is 0.573 e. The smallest absolute Gasteiger partial charge is 0.406 e. The van der Waals surface area contributed by atoms with Crippen molar-refractivity contribution in [1.29, 1.82) is 0 Å². The van der Waals surface area contributed by atoms with Gasteiger partial charge in [0.15, 0.2) is 5.65 Å². The van der Waals surface area contributed by atoms with E-state index in [2.05, 4.69) is 20.0 Å². The number of carbonyl (C=O) groups is 1. The lowest BCUT2D eigenvalue weighted by Gasteiger charge is -2.10. The molecule has 0 bridgehead atoms. The van der Waals surface area contributed by atoms with E-state index in [4.69, 9.17) is 5.73 Å². The van der Waals surface area contributed by atoms with Crippen LogP contribution >= 0.6 is 0 Å². The third-order valence-electron chi connectivity index (χ3n) is 3.45. The number of fused-ring (bicyclic) bond motifs is 1. The van der Waals surface area contributed by atoms with Gasteiger partial charge in [0.2, 0.25) is 5.91 Å². The van der Waals surface area contributed by atoms with E-state index < -0.39 is 36.4 Å². The van der Waals surface area contributed by atoms with Gasteiger partial charge in [-0.05, 0) is 30.3 Å². The van der Waals surface area contributed by atoms with Gasteiger partial charge >= 0.3 is 12.5 Å². The van der Waals surface area contributed by atoms with Crippen molar-refractivity contribution in [2.24, 2.45) is 5.73 Å². The number of benzene rings is 1. The third kappa shape index (κ3) is 4.13. The summed E-state index contributed by atoms with van der Waals surface area (Å²) < 4.78 is 80.2. The van der Waals surface area contributed by atoms with E-state index >= 15 is 0 Å². The summed E-state index contributed by atoms with van der Waals surface area (Å²) in [6.45, 7) is 0. The highest BCUT2D eigenvalue weighted by atomic mass is 19.4. The first-order valence-electron chi connectivity index (χ1n) is 7.41. The lowest BCUT2D eigenvalue weighted by atomic mass is 10.1. The quantitative estimate of drug-likeness (QED) is 0.674. The molecule has 1 aromatic carbocycles. The van der Waals surface area contributed by atoms with E-state index in [0.717, 1.165) is 12.1 Å². The molecule has 0 fully saturated rings. The molecule has 13 heteroatoms. The zero-order valence-electron chi connectivity index (χ0n) is 13.5. The van der Waals surface area contributed by atoms with Crippen molar-refractivity contribution >= 4 is 11.6 Å². The Bertz CT molecular complexity index is 1030. The summed E-state index contributed by atoms with van der Waals surface area (Å²) in [5.74, 6) is -2.77. The molecule has 28 heavy (non-hydrogen) atoms. The Morgan fingerprint density at radius 2 is 1.71 bits per heavy atom. The summed E-state index contributed by atoms with van der Waals surface area (Å²) >= 11 is 0. The predicted molar refractivity (Wildman–Crippen MR) is 80.8 cm³/mol. The SMILES string of the molecule is NC(=O)Cc1cc(-c2ccc(OC(F)(F)F)cc2)nn2c(C(F)(F)F)nnc12. The molecule has 3 rings (SSSR count). The molecule has 0 spiro atoms. The maximum absolute atomic E-state index is 13.1. The van der Waals surface area contributed by atoms with Gasteiger partial charge in [-0.2, -0.15) is 22.8 Å². The van der Waals surface area contributed by atoms with Crippen molar-refractivity contribution in [2.75, 3.05) is 0 Å². The number of nitrogens with two attached hydrogens (primary N) is 1. The highest BCUT2D eigenvalue weighted by molar-refractivity contribution is 5.79. The highest BCUT2D eigenvalue weighted by Gasteiger charge is 2.38. The van der Waals surface area contributed by atoms with E-state index in [1.165, 1.54) is 18.2 Å². The second kappa shape index (κ2) is 6.65. The van der Waals surface area contributed by atoms with Crippen LogP contribution in [0.5, 0.6) is 5.75 Å². The summed E-state index contributed by atoms with van der Waals surface area (Å²) in [5, 5.41) is 10.3.